The number of carbonyl (C=O) groups excluding carboxylic acids is 1. The Kier molecular flexibility index (Phi) is 5.13. The summed E-state index contributed by atoms with van der Waals surface area (Å²) in [4.78, 5) is 16.5. The molecule has 0 atom stereocenters. The summed E-state index contributed by atoms with van der Waals surface area (Å²) in [6.45, 7) is 0. The molecule has 1 aromatic carbocycles. The second-order valence-electron chi connectivity index (χ2n) is 5.89. The lowest BCUT2D eigenvalue weighted by Crippen LogP contribution is -2.24. The zero-order valence-corrected chi connectivity index (χ0v) is 13.6. The lowest BCUT2D eigenvalue weighted by atomic mass is 9.88. The van der Waals surface area contributed by atoms with Gasteiger partial charge in [0.05, 0.1) is 11.9 Å². The highest BCUT2D eigenvalue weighted by atomic mass is 35.5. The molecular weight excluding hydrogens is 310 g/mol. The molecule has 1 fully saturated rings. The topological polar surface area (TPSA) is 54.0 Å². The molecule has 1 aliphatic rings. The van der Waals surface area contributed by atoms with E-state index in [2.05, 4.69) is 15.6 Å². The Balaban J connectivity index is 1.58. The largest absolute Gasteiger partial charge is 0.340 e. The first-order chi connectivity index (χ1) is 11.2. The third-order valence-corrected chi connectivity index (χ3v) is 4.38. The number of nitrogens with zero attached hydrogens (tertiary/aromatic N) is 1. The molecule has 1 saturated carbocycles. The molecule has 0 radical (unpaired) electrons. The number of halogens is 1. The number of aromatic nitrogens is 1. The Labute approximate surface area is 141 Å². The maximum atomic E-state index is 12.2. The van der Waals surface area contributed by atoms with E-state index in [4.69, 9.17) is 11.6 Å². The van der Waals surface area contributed by atoms with Crippen LogP contribution in [0.2, 0.25) is 5.02 Å². The van der Waals surface area contributed by atoms with E-state index >= 15 is 0 Å². The number of pyridine rings is 1. The number of anilines is 3. The molecule has 2 aromatic rings. The highest BCUT2D eigenvalue weighted by molar-refractivity contribution is 6.30. The summed E-state index contributed by atoms with van der Waals surface area (Å²) in [5, 5.41) is 6.85. The number of hydrogen-bond donors (Lipinski definition) is 2. The predicted molar refractivity (Wildman–Crippen MR) is 94.2 cm³/mol. The number of carbonyl (C=O) groups is 1. The van der Waals surface area contributed by atoms with Gasteiger partial charge in [-0.2, -0.15) is 0 Å². The Hall–Kier alpha value is -2.07. The first-order valence-electron chi connectivity index (χ1n) is 8.00. The first-order valence-corrected chi connectivity index (χ1v) is 8.38. The van der Waals surface area contributed by atoms with Crippen LogP contribution in [-0.4, -0.2) is 10.9 Å². The molecule has 3 rings (SSSR count). The quantitative estimate of drug-likeness (QED) is 0.830. The van der Waals surface area contributed by atoms with Crippen LogP contribution in [-0.2, 0) is 4.79 Å². The summed E-state index contributed by atoms with van der Waals surface area (Å²) >= 11 is 5.86. The van der Waals surface area contributed by atoms with E-state index in [1.54, 1.807) is 6.20 Å². The van der Waals surface area contributed by atoms with E-state index in [-0.39, 0.29) is 11.8 Å². The van der Waals surface area contributed by atoms with Gasteiger partial charge in [0.1, 0.15) is 5.82 Å². The molecule has 4 nitrogen and oxygen atoms in total. The zero-order chi connectivity index (χ0) is 16.1. The fourth-order valence-corrected chi connectivity index (χ4v) is 2.96. The molecular formula is C18H20ClN3O. The van der Waals surface area contributed by atoms with Gasteiger partial charge in [0.15, 0.2) is 0 Å². The minimum Gasteiger partial charge on any atom is -0.340 e. The molecule has 0 bridgehead atoms. The standard InChI is InChI=1S/C18H20ClN3O/c19-14-6-8-15(9-7-14)21-17-11-10-16(12-20-17)22-18(23)13-4-2-1-3-5-13/h6-13H,1-5H2,(H,20,21)(H,22,23). The molecule has 0 spiro atoms. The maximum Gasteiger partial charge on any atom is 0.227 e. The van der Waals surface area contributed by atoms with Gasteiger partial charge in [0.2, 0.25) is 5.91 Å². The summed E-state index contributed by atoms with van der Waals surface area (Å²) in [5.41, 5.74) is 1.66. The van der Waals surface area contributed by atoms with Crippen LogP contribution in [0.1, 0.15) is 32.1 Å². The Morgan fingerprint density at radius 2 is 1.70 bits per heavy atom. The van der Waals surface area contributed by atoms with Gasteiger partial charge in [-0.3, -0.25) is 4.79 Å². The molecule has 1 amide bonds. The molecule has 1 heterocycles. The van der Waals surface area contributed by atoms with Crippen LogP contribution in [0.3, 0.4) is 0 Å². The van der Waals surface area contributed by atoms with Crippen LogP contribution in [0.5, 0.6) is 0 Å². The van der Waals surface area contributed by atoms with Crippen molar-refractivity contribution in [1.82, 2.24) is 4.98 Å². The van der Waals surface area contributed by atoms with Gasteiger partial charge < -0.3 is 10.6 Å². The van der Waals surface area contributed by atoms with E-state index in [1.165, 1.54) is 6.42 Å². The monoisotopic (exact) mass is 329 g/mol. The molecule has 1 aromatic heterocycles. The minimum absolute atomic E-state index is 0.116. The fourth-order valence-electron chi connectivity index (χ4n) is 2.83. The van der Waals surface area contributed by atoms with Crippen molar-refractivity contribution in [2.45, 2.75) is 32.1 Å². The number of benzene rings is 1. The van der Waals surface area contributed by atoms with Gasteiger partial charge >= 0.3 is 0 Å². The van der Waals surface area contributed by atoms with Crippen molar-refractivity contribution in [1.29, 1.82) is 0 Å². The maximum absolute atomic E-state index is 12.2. The average molecular weight is 330 g/mol. The van der Waals surface area contributed by atoms with Crippen molar-refractivity contribution in [3.63, 3.8) is 0 Å². The number of amides is 1. The van der Waals surface area contributed by atoms with Crippen molar-refractivity contribution in [3.05, 3.63) is 47.6 Å². The van der Waals surface area contributed by atoms with Crippen LogP contribution < -0.4 is 10.6 Å². The van der Waals surface area contributed by atoms with Gasteiger partial charge in [-0.15, -0.1) is 0 Å². The summed E-state index contributed by atoms with van der Waals surface area (Å²) in [7, 11) is 0. The Bertz CT molecular complexity index is 649. The van der Waals surface area contributed by atoms with Crippen LogP contribution in [0, 0.1) is 5.92 Å². The summed E-state index contributed by atoms with van der Waals surface area (Å²) in [6.07, 6.45) is 7.22. The van der Waals surface area contributed by atoms with Gasteiger partial charge in [-0.25, -0.2) is 4.98 Å². The third-order valence-electron chi connectivity index (χ3n) is 4.12. The molecule has 1 aliphatic carbocycles. The fraction of sp³-hybridized carbons (Fsp3) is 0.333. The molecule has 2 N–H and O–H groups in total. The van der Waals surface area contributed by atoms with Gasteiger partial charge in [0.25, 0.3) is 0 Å². The van der Waals surface area contributed by atoms with Crippen LogP contribution in [0.4, 0.5) is 17.2 Å². The summed E-state index contributed by atoms with van der Waals surface area (Å²) in [6, 6.07) is 11.1. The van der Waals surface area contributed by atoms with Crippen molar-refractivity contribution in [2.24, 2.45) is 5.92 Å². The summed E-state index contributed by atoms with van der Waals surface area (Å²) in [5.74, 6) is 0.989. The Morgan fingerprint density at radius 1 is 1.00 bits per heavy atom. The van der Waals surface area contributed by atoms with Gasteiger partial charge in [-0.1, -0.05) is 30.9 Å². The van der Waals surface area contributed by atoms with Crippen molar-refractivity contribution >= 4 is 34.7 Å². The molecule has 0 unspecified atom stereocenters. The SMILES string of the molecule is O=C(Nc1ccc(Nc2ccc(Cl)cc2)nc1)C1CCCCC1. The third kappa shape index (κ3) is 4.45. The zero-order valence-electron chi connectivity index (χ0n) is 12.9. The van der Waals surface area contributed by atoms with E-state index in [0.29, 0.717) is 5.02 Å². The van der Waals surface area contributed by atoms with E-state index in [1.807, 2.05) is 36.4 Å². The van der Waals surface area contributed by atoms with Crippen LogP contribution >= 0.6 is 11.6 Å². The van der Waals surface area contributed by atoms with Crippen LogP contribution in [0.15, 0.2) is 42.6 Å². The number of nitrogens with one attached hydrogen (secondary N) is 2. The smallest absolute Gasteiger partial charge is 0.227 e. The van der Waals surface area contributed by atoms with E-state index < -0.39 is 0 Å². The lowest BCUT2D eigenvalue weighted by Gasteiger charge is -2.20. The van der Waals surface area contributed by atoms with Crippen molar-refractivity contribution in [3.8, 4) is 0 Å². The highest BCUT2D eigenvalue weighted by Gasteiger charge is 2.20. The molecule has 120 valence electrons. The van der Waals surface area contributed by atoms with E-state index in [9.17, 15) is 4.79 Å². The second kappa shape index (κ2) is 7.47. The van der Waals surface area contributed by atoms with Gasteiger partial charge in [-0.05, 0) is 49.2 Å². The molecule has 0 saturated heterocycles. The minimum atomic E-state index is 0.116. The second-order valence-corrected chi connectivity index (χ2v) is 6.32. The number of rotatable bonds is 4. The lowest BCUT2D eigenvalue weighted by molar-refractivity contribution is -0.120. The normalized spacial score (nSPS) is 15.2. The molecule has 5 heteroatoms. The average Bonchev–Trinajstić information content (AvgIpc) is 2.59. The molecule has 0 aliphatic heterocycles. The molecule has 23 heavy (non-hydrogen) atoms. The Morgan fingerprint density at radius 3 is 2.35 bits per heavy atom. The van der Waals surface area contributed by atoms with Crippen molar-refractivity contribution in [2.75, 3.05) is 10.6 Å². The van der Waals surface area contributed by atoms with Crippen molar-refractivity contribution < 1.29 is 4.79 Å². The predicted octanol–water partition coefficient (Wildman–Crippen LogP) is 5.00. The van der Waals surface area contributed by atoms with Gasteiger partial charge in [0, 0.05) is 16.6 Å². The summed E-state index contributed by atoms with van der Waals surface area (Å²) < 4.78 is 0. The first kappa shape index (κ1) is 15.8. The number of hydrogen-bond acceptors (Lipinski definition) is 3. The highest BCUT2D eigenvalue weighted by Crippen LogP contribution is 2.25. The van der Waals surface area contributed by atoms with E-state index in [0.717, 1.165) is 42.9 Å². The van der Waals surface area contributed by atoms with Crippen LogP contribution in [0.25, 0.3) is 0 Å².